The van der Waals surface area contributed by atoms with Crippen LogP contribution in [0.4, 0.5) is 5.69 Å². The quantitative estimate of drug-likeness (QED) is 0.864. The van der Waals surface area contributed by atoms with E-state index in [1.165, 1.54) is 11.8 Å². The fourth-order valence-corrected chi connectivity index (χ4v) is 3.40. The average Bonchev–Trinajstić information content (AvgIpc) is 2.94. The Morgan fingerprint density at radius 3 is 3.00 bits per heavy atom. The lowest BCUT2D eigenvalue weighted by Crippen LogP contribution is -2.30. The second-order valence-electron chi connectivity index (χ2n) is 5.19. The molecular weight excluding hydrogens is 310 g/mol. The lowest BCUT2D eigenvalue weighted by atomic mass is 10.1. The summed E-state index contributed by atoms with van der Waals surface area (Å²) in [4.78, 5) is 26.7. The molecule has 2 aliphatic heterocycles. The number of nitrogens with zero attached hydrogens (tertiary/aromatic N) is 1. The number of nitrogens with two attached hydrogens (primary N) is 1. The molecule has 2 aliphatic rings. The van der Waals surface area contributed by atoms with Crippen molar-refractivity contribution in [3.63, 3.8) is 0 Å². The third-order valence-corrected chi connectivity index (χ3v) is 4.84. The molecule has 114 valence electrons. The first kappa shape index (κ1) is 16.1. The maximum absolute atomic E-state index is 12.4. The molecule has 1 saturated heterocycles. The molecule has 1 atom stereocenters. The number of fused-ring (bicyclic) bond motifs is 1. The molecule has 2 heterocycles. The number of nitrogens with one attached hydrogen (secondary N) is 1. The summed E-state index contributed by atoms with van der Waals surface area (Å²) >= 11 is 1.50. The monoisotopic (exact) mass is 327 g/mol. The Morgan fingerprint density at radius 2 is 2.29 bits per heavy atom. The minimum atomic E-state index is -0.0172. The number of thioether (sulfide) groups is 1. The highest BCUT2D eigenvalue weighted by Gasteiger charge is 2.27. The fraction of sp³-hybridized carbons (Fsp3) is 0.429. The third kappa shape index (κ3) is 3.33. The van der Waals surface area contributed by atoms with Crippen LogP contribution in [0.5, 0.6) is 0 Å². The number of anilines is 1. The Balaban J connectivity index is 0.00000161. The van der Waals surface area contributed by atoms with Crippen LogP contribution in [0, 0.1) is 5.92 Å². The number of hydrogen-bond acceptors (Lipinski definition) is 4. The summed E-state index contributed by atoms with van der Waals surface area (Å²) in [6.45, 7) is 2.12. The van der Waals surface area contributed by atoms with Gasteiger partial charge in [-0.15, -0.1) is 24.2 Å². The molecule has 1 fully saturated rings. The van der Waals surface area contributed by atoms with Crippen LogP contribution >= 0.6 is 24.2 Å². The molecule has 7 heteroatoms. The molecule has 1 aromatic rings. The zero-order chi connectivity index (χ0) is 14.1. The first-order chi connectivity index (χ1) is 9.67. The van der Waals surface area contributed by atoms with Gasteiger partial charge < -0.3 is 16.0 Å². The SMILES string of the molecule is Cl.NCC1CCN(C(=O)c2ccc3c(c2)NC(=O)CS3)C1. The molecule has 3 N–H and O–H groups in total. The van der Waals surface area contributed by atoms with Gasteiger partial charge in [0.1, 0.15) is 0 Å². The summed E-state index contributed by atoms with van der Waals surface area (Å²) in [6.07, 6.45) is 0.972. The summed E-state index contributed by atoms with van der Waals surface area (Å²) in [6, 6.07) is 5.52. The van der Waals surface area contributed by atoms with Gasteiger partial charge in [-0.25, -0.2) is 0 Å². The molecule has 5 nitrogen and oxygen atoms in total. The molecule has 0 aromatic heterocycles. The van der Waals surface area contributed by atoms with Crippen LogP contribution in [0.3, 0.4) is 0 Å². The summed E-state index contributed by atoms with van der Waals surface area (Å²) in [5.41, 5.74) is 7.02. The van der Waals surface area contributed by atoms with Crippen molar-refractivity contribution in [3.8, 4) is 0 Å². The highest BCUT2D eigenvalue weighted by Crippen LogP contribution is 2.32. The summed E-state index contributed by atoms with van der Waals surface area (Å²) < 4.78 is 0. The van der Waals surface area contributed by atoms with E-state index in [-0.39, 0.29) is 24.2 Å². The Morgan fingerprint density at radius 1 is 1.48 bits per heavy atom. The van der Waals surface area contributed by atoms with Crippen molar-refractivity contribution in [1.29, 1.82) is 0 Å². The maximum atomic E-state index is 12.4. The molecule has 0 spiro atoms. The summed E-state index contributed by atoms with van der Waals surface area (Å²) in [7, 11) is 0. The summed E-state index contributed by atoms with van der Waals surface area (Å²) in [5.74, 6) is 0.849. The number of benzene rings is 1. The number of carbonyl (C=O) groups excluding carboxylic acids is 2. The normalized spacial score (nSPS) is 20.5. The molecule has 1 aromatic carbocycles. The van der Waals surface area contributed by atoms with Crippen LogP contribution in [0.25, 0.3) is 0 Å². The third-order valence-electron chi connectivity index (χ3n) is 3.77. The van der Waals surface area contributed by atoms with E-state index < -0.39 is 0 Å². The van der Waals surface area contributed by atoms with E-state index in [0.29, 0.717) is 23.8 Å². The average molecular weight is 328 g/mol. The summed E-state index contributed by atoms with van der Waals surface area (Å²) in [5, 5.41) is 2.82. The van der Waals surface area contributed by atoms with Gasteiger partial charge in [-0.3, -0.25) is 9.59 Å². The Kier molecular flexibility index (Phi) is 5.13. The van der Waals surface area contributed by atoms with Gasteiger partial charge in [0.05, 0.1) is 11.4 Å². The van der Waals surface area contributed by atoms with Crippen molar-refractivity contribution in [2.75, 3.05) is 30.7 Å². The van der Waals surface area contributed by atoms with E-state index in [1.807, 2.05) is 17.0 Å². The van der Waals surface area contributed by atoms with Gasteiger partial charge in [0.15, 0.2) is 0 Å². The van der Waals surface area contributed by atoms with Gasteiger partial charge >= 0.3 is 0 Å². The van der Waals surface area contributed by atoms with Crippen LogP contribution in [0.1, 0.15) is 16.8 Å². The zero-order valence-corrected chi connectivity index (χ0v) is 13.1. The van der Waals surface area contributed by atoms with Crippen molar-refractivity contribution in [1.82, 2.24) is 4.90 Å². The number of likely N-dealkylation sites (tertiary alicyclic amines) is 1. The number of hydrogen-bond donors (Lipinski definition) is 2. The van der Waals surface area contributed by atoms with Crippen molar-refractivity contribution < 1.29 is 9.59 Å². The van der Waals surface area contributed by atoms with Crippen LogP contribution < -0.4 is 11.1 Å². The predicted octanol–water partition coefficient (Wildman–Crippen LogP) is 1.57. The van der Waals surface area contributed by atoms with E-state index in [4.69, 9.17) is 5.73 Å². The van der Waals surface area contributed by atoms with Gasteiger partial charge in [-0.05, 0) is 37.1 Å². The molecule has 2 amide bonds. The van der Waals surface area contributed by atoms with Gasteiger partial charge in [0, 0.05) is 23.5 Å². The van der Waals surface area contributed by atoms with Gasteiger partial charge in [-0.2, -0.15) is 0 Å². The number of amides is 2. The van der Waals surface area contributed by atoms with E-state index in [0.717, 1.165) is 30.1 Å². The zero-order valence-electron chi connectivity index (χ0n) is 11.5. The molecule has 1 unspecified atom stereocenters. The molecular formula is C14H18ClN3O2S. The van der Waals surface area contributed by atoms with Crippen LogP contribution in [-0.4, -0.2) is 42.1 Å². The number of rotatable bonds is 2. The number of halogens is 1. The van der Waals surface area contributed by atoms with Crippen LogP contribution in [-0.2, 0) is 4.79 Å². The van der Waals surface area contributed by atoms with E-state index in [2.05, 4.69) is 5.32 Å². The second-order valence-corrected chi connectivity index (χ2v) is 6.21. The highest BCUT2D eigenvalue weighted by atomic mass is 35.5. The number of carbonyl (C=O) groups is 2. The Bertz CT molecular complexity index is 567. The van der Waals surface area contributed by atoms with Crippen LogP contribution in [0.2, 0.25) is 0 Å². The lowest BCUT2D eigenvalue weighted by molar-refractivity contribution is -0.113. The first-order valence-corrected chi connectivity index (χ1v) is 7.72. The minimum Gasteiger partial charge on any atom is -0.338 e. The van der Waals surface area contributed by atoms with Crippen LogP contribution in [0.15, 0.2) is 23.1 Å². The molecule has 0 bridgehead atoms. The molecule has 0 saturated carbocycles. The standard InChI is InChI=1S/C14H17N3O2S.ClH/c15-6-9-3-4-17(7-9)14(19)10-1-2-12-11(5-10)16-13(18)8-20-12;/h1-2,5,9H,3-4,6-8,15H2,(H,16,18);1H. The van der Waals surface area contributed by atoms with E-state index in [9.17, 15) is 9.59 Å². The van der Waals surface area contributed by atoms with E-state index >= 15 is 0 Å². The van der Waals surface area contributed by atoms with Crippen molar-refractivity contribution in [2.45, 2.75) is 11.3 Å². The Hall–Kier alpha value is -1.24. The highest BCUT2D eigenvalue weighted by molar-refractivity contribution is 8.00. The van der Waals surface area contributed by atoms with Crippen molar-refractivity contribution >= 4 is 41.7 Å². The predicted molar refractivity (Wildman–Crippen MR) is 86.1 cm³/mol. The fourth-order valence-electron chi connectivity index (χ4n) is 2.61. The second kappa shape index (κ2) is 6.68. The lowest BCUT2D eigenvalue weighted by Gasteiger charge is -2.20. The largest absolute Gasteiger partial charge is 0.338 e. The topological polar surface area (TPSA) is 75.4 Å². The first-order valence-electron chi connectivity index (χ1n) is 6.73. The molecule has 21 heavy (non-hydrogen) atoms. The minimum absolute atomic E-state index is 0. The molecule has 3 rings (SSSR count). The van der Waals surface area contributed by atoms with Crippen molar-refractivity contribution in [3.05, 3.63) is 23.8 Å². The van der Waals surface area contributed by atoms with Gasteiger partial charge in [0.2, 0.25) is 5.91 Å². The van der Waals surface area contributed by atoms with Crippen molar-refractivity contribution in [2.24, 2.45) is 11.7 Å². The van der Waals surface area contributed by atoms with E-state index in [1.54, 1.807) is 6.07 Å². The van der Waals surface area contributed by atoms with Gasteiger partial charge in [0.25, 0.3) is 5.91 Å². The molecule has 0 radical (unpaired) electrons. The smallest absolute Gasteiger partial charge is 0.253 e. The van der Waals surface area contributed by atoms with Gasteiger partial charge in [-0.1, -0.05) is 0 Å². The molecule has 0 aliphatic carbocycles. The Labute approximate surface area is 134 Å². The maximum Gasteiger partial charge on any atom is 0.253 e.